The van der Waals surface area contributed by atoms with Gasteiger partial charge in [-0.15, -0.1) is 0 Å². The number of amides is 3. The predicted molar refractivity (Wildman–Crippen MR) is 139 cm³/mol. The zero-order valence-corrected chi connectivity index (χ0v) is 22.0. The number of hydrogen-bond donors (Lipinski definition) is 1. The number of ether oxygens (including phenoxy) is 2. The summed E-state index contributed by atoms with van der Waals surface area (Å²) in [7, 11) is 3.03. The zero-order valence-electron chi connectivity index (χ0n) is 22.0. The van der Waals surface area contributed by atoms with Gasteiger partial charge >= 0.3 is 0 Å². The lowest BCUT2D eigenvalue weighted by Gasteiger charge is -2.37. The third-order valence-electron chi connectivity index (χ3n) is 6.54. The molecule has 0 aromatic heterocycles. The minimum atomic E-state index is -0.694. The van der Waals surface area contributed by atoms with E-state index in [2.05, 4.69) is 19.2 Å². The SMILES string of the molecule is COc1cc(OC)cc(C(=O)NC(C(=O)N2CCN(C(=O)c3ccc(C(C)C)cc3)CC2)C(C)C)c1. The van der Waals surface area contributed by atoms with E-state index in [0.29, 0.717) is 54.7 Å². The van der Waals surface area contributed by atoms with Crippen molar-refractivity contribution in [3.05, 3.63) is 59.2 Å². The monoisotopic (exact) mass is 495 g/mol. The zero-order chi connectivity index (χ0) is 26.4. The standard InChI is InChI=1S/C28H37N3O5/c1-18(2)20-7-9-21(10-8-20)27(33)30-11-13-31(14-12-30)28(34)25(19(3)4)29-26(32)22-15-23(35-5)17-24(16-22)36-6/h7-10,15-19,25H,11-14H2,1-6H3,(H,29,32). The highest BCUT2D eigenvalue weighted by Crippen LogP contribution is 2.23. The molecule has 1 aliphatic heterocycles. The number of piperazine rings is 1. The first kappa shape index (κ1) is 27.0. The summed E-state index contributed by atoms with van der Waals surface area (Å²) in [5.41, 5.74) is 2.19. The first-order chi connectivity index (χ1) is 17.1. The highest BCUT2D eigenvalue weighted by molar-refractivity contribution is 5.98. The van der Waals surface area contributed by atoms with Crippen molar-refractivity contribution < 1.29 is 23.9 Å². The molecule has 0 spiro atoms. The molecule has 0 aliphatic carbocycles. The van der Waals surface area contributed by atoms with Gasteiger partial charge in [-0.3, -0.25) is 14.4 Å². The lowest BCUT2D eigenvalue weighted by atomic mass is 10.0. The van der Waals surface area contributed by atoms with Crippen LogP contribution in [0.2, 0.25) is 0 Å². The van der Waals surface area contributed by atoms with E-state index in [-0.39, 0.29) is 23.6 Å². The Kier molecular flexibility index (Phi) is 8.96. The van der Waals surface area contributed by atoms with Crippen LogP contribution in [-0.2, 0) is 4.79 Å². The maximum atomic E-state index is 13.4. The van der Waals surface area contributed by atoms with Crippen LogP contribution in [0, 0.1) is 5.92 Å². The molecule has 2 aromatic carbocycles. The third kappa shape index (κ3) is 6.36. The van der Waals surface area contributed by atoms with Crippen molar-refractivity contribution in [2.75, 3.05) is 40.4 Å². The molecule has 1 aliphatic rings. The van der Waals surface area contributed by atoms with Gasteiger partial charge in [0.05, 0.1) is 14.2 Å². The van der Waals surface area contributed by atoms with Gasteiger partial charge in [0, 0.05) is 43.4 Å². The summed E-state index contributed by atoms with van der Waals surface area (Å²) >= 11 is 0. The second-order valence-corrected chi connectivity index (χ2v) is 9.69. The van der Waals surface area contributed by atoms with E-state index in [9.17, 15) is 14.4 Å². The first-order valence-electron chi connectivity index (χ1n) is 12.4. The maximum absolute atomic E-state index is 13.4. The van der Waals surface area contributed by atoms with Crippen LogP contribution in [0.15, 0.2) is 42.5 Å². The van der Waals surface area contributed by atoms with Crippen molar-refractivity contribution in [1.29, 1.82) is 0 Å². The molecular weight excluding hydrogens is 458 g/mol. The molecule has 1 atom stereocenters. The van der Waals surface area contributed by atoms with Gasteiger partial charge in [-0.1, -0.05) is 39.8 Å². The van der Waals surface area contributed by atoms with Crippen LogP contribution in [0.4, 0.5) is 0 Å². The van der Waals surface area contributed by atoms with Gasteiger partial charge in [0.1, 0.15) is 17.5 Å². The maximum Gasteiger partial charge on any atom is 0.253 e. The average Bonchev–Trinajstić information content (AvgIpc) is 2.90. The largest absolute Gasteiger partial charge is 0.497 e. The smallest absolute Gasteiger partial charge is 0.253 e. The molecule has 36 heavy (non-hydrogen) atoms. The Morgan fingerprint density at radius 3 is 1.78 bits per heavy atom. The van der Waals surface area contributed by atoms with E-state index < -0.39 is 6.04 Å². The number of rotatable bonds is 8. The van der Waals surface area contributed by atoms with Gasteiger partial charge in [-0.05, 0) is 41.7 Å². The summed E-state index contributed by atoms with van der Waals surface area (Å²) in [6.07, 6.45) is 0. The van der Waals surface area contributed by atoms with Gasteiger partial charge < -0.3 is 24.6 Å². The molecule has 0 bridgehead atoms. The fraction of sp³-hybridized carbons (Fsp3) is 0.464. The van der Waals surface area contributed by atoms with Crippen molar-refractivity contribution in [1.82, 2.24) is 15.1 Å². The molecule has 0 saturated carbocycles. The molecule has 2 aromatic rings. The molecule has 1 fully saturated rings. The molecule has 194 valence electrons. The Hall–Kier alpha value is -3.55. The third-order valence-corrected chi connectivity index (χ3v) is 6.54. The van der Waals surface area contributed by atoms with Crippen LogP contribution in [0.25, 0.3) is 0 Å². The number of carbonyl (C=O) groups excluding carboxylic acids is 3. The molecule has 3 rings (SSSR count). The minimum absolute atomic E-state index is 0.0295. The Labute approximate surface area is 213 Å². The van der Waals surface area contributed by atoms with Crippen LogP contribution < -0.4 is 14.8 Å². The van der Waals surface area contributed by atoms with Crippen molar-refractivity contribution in [2.45, 2.75) is 39.7 Å². The van der Waals surface area contributed by atoms with Gasteiger partial charge in [0.15, 0.2) is 0 Å². The summed E-state index contributed by atoms with van der Waals surface area (Å²) in [5, 5.41) is 2.88. The fourth-order valence-corrected chi connectivity index (χ4v) is 4.20. The Morgan fingerprint density at radius 1 is 0.778 bits per heavy atom. The number of benzene rings is 2. The lowest BCUT2D eigenvalue weighted by Crippen LogP contribution is -2.57. The molecular formula is C28H37N3O5. The first-order valence-corrected chi connectivity index (χ1v) is 12.4. The number of nitrogens with zero attached hydrogens (tertiary/aromatic N) is 2. The van der Waals surface area contributed by atoms with E-state index in [1.807, 2.05) is 38.1 Å². The van der Waals surface area contributed by atoms with Crippen molar-refractivity contribution in [2.24, 2.45) is 5.92 Å². The second-order valence-electron chi connectivity index (χ2n) is 9.69. The molecule has 1 heterocycles. The Balaban J connectivity index is 1.63. The number of methoxy groups -OCH3 is 2. The summed E-state index contributed by atoms with van der Waals surface area (Å²) < 4.78 is 10.5. The fourth-order valence-electron chi connectivity index (χ4n) is 4.20. The van der Waals surface area contributed by atoms with Crippen molar-refractivity contribution in [3.63, 3.8) is 0 Å². The van der Waals surface area contributed by atoms with Gasteiger partial charge in [-0.25, -0.2) is 0 Å². The minimum Gasteiger partial charge on any atom is -0.497 e. The van der Waals surface area contributed by atoms with E-state index >= 15 is 0 Å². The van der Waals surface area contributed by atoms with Gasteiger partial charge in [0.25, 0.3) is 11.8 Å². The summed E-state index contributed by atoms with van der Waals surface area (Å²) in [5.74, 6) is 0.716. The Morgan fingerprint density at radius 2 is 1.31 bits per heavy atom. The highest BCUT2D eigenvalue weighted by atomic mass is 16.5. The number of hydrogen-bond acceptors (Lipinski definition) is 5. The number of carbonyl (C=O) groups is 3. The summed E-state index contributed by atoms with van der Waals surface area (Å²) in [4.78, 5) is 42.8. The molecule has 1 saturated heterocycles. The van der Waals surface area contributed by atoms with Crippen LogP contribution in [0.1, 0.15) is 59.9 Å². The van der Waals surface area contributed by atoms with Crippen LogP contribution >= 0.6 is 0 Å². The average molecular weight is 496 g/mol. The van der Waals surface area contributed by atoms with Crippen LogP contribution in [0.3, 0.4) is 0 Å². The molecule has 8 nitrogen and oxygen atoms in total. The van der Waals surface area contributed by atoms with E-state index in [1.165, 1.54) is 19.8 Å². The lowest BCUT2D eigenvalue weighted by molar-refractivity contribution is -0.135. The van der Waals surface area contributed by atoms with Gasteiger partial charge in [0.2, 0.25) is 5.91 Å². The predicted octanol–water partition coefficient (Wildman–Crippen LogP) is 3.57. The van der Waals surface area contributed by atoms with Crippen molar-refractivity contribution >= 4 is 17.7 Å². The molecule has 0 radical (unpaired) electrons. The highest BCUT2D eigenvalue weighted by Gasteiger charge is 2.32. The Bertz CT molecular complexity index is 1050. The topological polar surface area (TPSA) is 88.2 Å². The quantitative estimate of drug-likeness (QED) is 0.605. The molecule has 8 heteroatoms. The van der Waals surface area contributed by atoms with E-state index in [0.717, 1.165) is 0 Å². The number of nitrogens with one attached hydrogen (secondary N) is 1. The second kappa shape index (κ2) is 11.9. The molecule has 3 amide bonds. The summed E-state index contributed by atoms with van der Waals surface area (Å²) in [6.45, 7) is 9.76. The summed E-state index contributed by atoms with van der Waals surface area (Å²) in [6, 6.07) is 11.9. The normalized spacial score (nSPS) is 14.6. The van der Waals surface area contributed by atoms with Crippen LogP contribution in [0.5, 0.6) is 11.5 Å². The van der Waals surface area contributed by atoms with E-state index in [4.69, 9.17) is 9.47 Å². The van der Waals surface area contributed by atoms with Gasteiger partial charge in [-0.2, -0.15) is 0 Å². The van der Waals surface area contributed by atoms with Crippen molar-refractivity contribution in [3.8, 4) is 11.5 Å². The van der Waals surface area contributed by atoms with Crippen LogP contribution in [-0.4, -0.2) is 74.0 Å². The molecule has 1 N–H and O–H groups in total. The van der Waals surface area contributed by atoms with E-state index in [1.54, 1.807) is 28.0 Å². The molecule has 1 unspecified atom stereocenters.